The summed E-state index contributed by atoms with van der Waals surface area (Å²) in [7, 11) is 0. The second kappa shape index (κ2) is 6.77. The predicted octanol–water partition coefficient (Wildman–Crippen LogP) is 2.46. The molecule has 1 heterocycles. The normalized spacial score (nSPS) is 20.0. The monoisotopic (exact) mass is 310 g/mol. The third-order valence-electron chi connectivity index (χ3n) is 3.79. The summed E-state index contributed by atoms with van der Waals surface area (Å²) in [6.07, 6.45) is 0. The van der Waals surface area contributed by atoms with Crippen LogP contribution in [0.25, 0.3) is 0 Å². The fraction of sp³-hybridized carbons (Fsp3) is 0.562. The molecule has 0 bridgehead atoms. The van der Waals surface area contributed by atoms with Gasteiger partial charge in [-0.15, -0.1) is 0 Å². The molecule has 1 fully saturated rings. The van der Waals surface area contributed by atoms with Crippen molar-refractivity contribution in [2.45, 2.75) is 39.0 Å². The number of halogens is 1. The minimum Gasteiger partial charge on any atom is -0.373 e. The molecule has 1 aliphatic rings. The lowest BCUT2D eigenvalue weighted by Crippen LogP contribution is -2.55. The van der Waals surface area contributed by atoms with Gasteiger partial charge in [-0.05, 0) is 32.4 Å². The van der Waals surface area contributed by atoms with E-state index >= 15 is 0 Å². The van der Waals surface area contributed by atoms with Gasteiger partial charge in [0.2, 0.25) is 5.91 Å². The van der Waals surface area contributed by atoms with Crippen LogP contribution in [0.1, 0.15) is 26.3 Å². The smallest absolute Gasteiger partial charge is 0.237 e. The van der Waals surface area contributed by atoms with Gasteiger partial charge < -0.3 is 10.1 Å². The summed E-state index contributed by atoms with van der Waals surface area (Å²) in [6, 6.07) is 7.38. The van der Waals surface area contributed by atoms with E-state index in [-0.39, 0.29) is 17.6 Å². The minimum atomic E-state index is -0.199. The Hall–Kier alpha value is -1.10. The molecule has 0 spiro atoms. The molecule has 21 heavy (non-hydrogen) atoms. The van der Waals surface area contributed by atoms with Crippen molar-refractivity contribution in [1.82, 2.24) is 10.2 Å². The first-order valence-electron chi connectivity index (χ1n) is 7.28. The third kappa shape index (κ3) is 4.43. The summed E-state index contributed by atoms with van der Waals surface area (Å²) in [5.41, 5.74) is 0.734. The average molecular weight is 311 g/mol. The average Bonchev–Trinajstić information content (AvgIpc) is 2.44. The Labute approximate surface area is 131 Å². The van der Waals surface area contributed by atoms with E-state index in [0.717, 1.165) is 18.7 Å². The zero-order valence-electron chi connectivity index (χ0n) is 12.9. The predicted molar refractivity (Wildman–Crippen MR) is 84.4 cm³/mol. The van der Waals surface area contributed by atoms with Crippen LogP contribution in [0.15, 0.2) is 24.3 Å². The molecule has 1 N–H and O–H groups in total. The van der Waals surface area contributed by atoms with Gasteiger partial charge in [0.05, 0.1) is 18.2 Å². The number of rotatable bonds is 4. The highest BCUT2D eigenvalue weighted by Gasteiger charge is 2.32. The van der Waals surface area contributed by atoms with Crippen LogP contribution in [0.2, 0.25) is 5.02 Å². The van der Waals surface area contributed by atoms with Gasteiger partial charge in [-0.25, -0.2) is 0 Å². The summed E-state index contributed by atoms with van der Waals surface area (Å²) in [4.78, 5) is 14.5. The highest BCUT2D eigenvalue weighted by Crippen LogP contribution is 2.19. The van der Waals surface area contributed by atoms with Crippen molar-refractivity contribution >= 4 is 17.5 Å². The number of ether oxygens (including phenoxy) is 1. The quantitative estimate of drug-likeness (QED) is 0.929. The SMILES string of the molecule is CC(C(=O)NCc1ccccc1Cl)N1CCOC(C)(C)C1. The molecule has 0 saturated carbocycles. The molecule has 1 unspecified atom stereocenters. The number of morpholine rings is 1. The molecule has 1 atom stereocenters. The molecule has 1 aromatic rings. The number of benzene rings is 1. The molecule has 1 aliphatic heterocycles. The Kier molecular flexibility index (Phi) is 5.25. The minimum absolute atomic E-state index is 0.0209. The van der Waals surface area contributed by atoms with E-state index in [1.807, 2.05) is 45.0 Å². The summed E-state index contributed by atoms with van der Waals surface area (Å²) in [5.74, 6) is 0.0209. The molecule has 2 rings (SSSR count). The van der Waals surface area contributed by atoms with Crippen molar-refractivity contribution in [1.29, 1.82) is 0 Å². The Morgan fingerprint density at radius 1 is 1.48 bits per heavy atom. The summed E-state index contributed by atoms with van der Waals surface area (Å²) < 4.78 is 5.68. The van der Waals surface area contributed by atoms with Gasteiger partial charge in [-0.2, -0.15) is 0 Å². The molecule has 5 heteroatoms. The van der Waals surface area contributed by atoms with E-state index in [2.05, 4.69) is 10.2 Å². The molecule has 1 aromatic carbocycles. The molecule has 0 radical (unpaired) electrons. The maximum absolute atomic E-state index is 12.3. The van der Waals surface area contributed by atoms with Gasteiger partial charge >= 0.3 is 0 Å². The number of nitrogens with one attached hydrogen (secondary N) is 1. The summed E-state index contributed by atoms with van der Waals surface area (Å²) >= 11 is 6.10. The molecule has 4 nitrogen and oxygen atoms in total. The Morgan fingerprint density at radius 3 is 2.86 bits per heavy atom. The van der Waals surface area contributed by atoms with Gasteiger partial charge in [0, 0.05) is 24.7 Å². The van der Waals surface area contributed by atoms with Crippen LogP contribution in [0.5, 0.6) is 0 Å². The van der Waals surface area contributed by atoms with Crippen molar-refractivity contribution in [2.24, 2.45) is 0 Å². The molecule has 0 aromatic heterocycles. The molecule has 1 amide bonds. The zero-order chi connectivity index (χ0) is 15.5. The van der Waals surface area contributed by atoms with E-state index in [0.29, 0.717) is 18.2 Å². The van der Waals surface area contributed by atoms with E-state index in [1.165, 1.54) is 0 Å². The van der Waals surface area contributed by atoms with Crippen LogP contribution in [-0.2, 0) is 16.1 Å². The lowest BCUT2D eigenvalue weighted by atomic mass is 10.1. The molecule has 1 saturated heterocycles. The van der Waals surface area contributed by atoms with Crippen molar-refractivity contribution < 1.29 is 9.53 Å². The Bertz CT molecular complexity index is 505. The first kappa shape index (κ1) is 16.3. The Balaban J connectivity index is 1.89. The number of hydrogen-bond acceptors (Lipinski definition) is 3. The van der Waals surface area contributed by atoms with E-state index < -0.39 is 0 Å². The number of nitrogens with zero attached hydrogens (tertiary/aromatic N) is 1. The van der Waals surface area contributed by atoms with Gasteiger partial charge in [-0.3, -0.25) is 9.69 Å². The lowest BCUT2D eigenvalue weighted by molar-refractivity contribution is -0.134. The number of carbonyl (C=O) groups is 1. The van der Waals surface area contributed by atoms with Crippen molar-refractivity contribution in [2.75, 3.05) is 19.7 Å². The third-order valence-corrected chi connectivity index (χ3v) is 4.16. The largest absolute Gasteiger partial charge is 0.373 e. The van der Waals surface area contributed by atoms with Crippen molar-refractivity contribution in [3.63, 3.8) is 0 Å². The van der Waals surface area contributed by atoms with Gasteiger partial charge in [0.1, 0.15) is 0 Å². The van der Waals surface area contributed by atoms with Crippen LogP contribution in [0.4, 0.5) is 0 Å². The standard InChI is InChI=1S/C16H23ClN2O2/c1-12(19-8-9-21-16(2,3)11-19)15(20)18-10-13-6-4-5-7-14(13)17/h4-7,12H,8-11H2,1-3H3,(H,18,20). The fourth-order valence-corrected chi connectivity index (χ4v) is 2.72. The topological polar surface area (TPSA) is 41.6 Å². The van der Waals surface area contributed by atoms with Crippen LogP contribution in [-0.4, -0.2) is 42.1 Å². The number of amides is 1. The van der Waals surface area contributed by atoms with Crippen molar-refractivity contribution in [3.8, 4) is 0 Å². The van der Waals surface area contributed by atoms with Crippen LogP contribution < -0.4 is 5.32 Å². The second-order valence-electron chi connectivity index (χ2n) is 6.06. The molecular formula is C16H23ClN2O2. The van der Waals surface area contributed by atoms with E-state index in [1.54, 1.807) is 0 Å². The number of carbonyl (C=O) groups excluding carboxylic acids is 1. The van der Waals surface area contributed by atoms with Gasteiger partial charge in [0.25, 0.3) is 0 Å². The van der Waals surface area contributed by atoms with E-state index in [4.69, 9.17) is 16.3 Å². The van der Waals surface area contributed by atoms with Gasteiger partial charge in [0.15, 0.2) is 0 Å². The summed E-state index contributed by atoms with van der Waals surface area (Å²) in [5, 5.41) is 3.64. The molecule has 0 aliphatic carbocycles. The first-order chi connectivity index (χ1) is 9.89. The van der Waals surface area contributed by atoms with Crippen molar-refractivity contribution in [3.05, 3.63) is 34.9 Å². The second-order valence-corrected chi connectivity index (χ2v) is 6.47. The maximum atomic E-state index is 12.3. The zero-order valence-corrected chi connectivity index (χ0v) is 13.6. The lowest BCUT2D eigenvalue weighted by Gasteiger charge is -2.40. The first-order valence-corrected chi connectivity index (χ1v) is 7.66. The fourth-order valence-electron chi connectivity index (χ4n) is 2.52. The van der Waals surface area contributed by atoms with Crippen LogP contribution in [0.3, 0.4) is 0 Å². The highest BCUT2D eigenvalue weighted by molar-refractivity contribution is 6.31. The molecule has 116 valence electrons. The van der Waals surface area contributed by atoms with Crippen LogP contribution >= 0.6 is 11.6 Å². The Morgan fingerprint density at radius 2 is 2.19 bits per heavy atom. The van der Waals surface area contributed by atoms with Gasteiger partial charge in [-0.1, -0.05) is 29.8 Å². The number of hydrogen-bond donors (Lipinski definition) is 1. The highest BCUT2D eigenvalue weighted by atomic mass is 35.5. The maximum Gasteiger partial charge on any atom is 0.237 e. The molecular weight excluding hydrogens is 288 g/mol. The van der Waals surface area contributed by atoms with Crippen LogP contribution in [0, 0.1) is 0 Å². The van der Waals surface area contributed by atoms with E-state index in [9.17, 15) is 4.79 Å². The summed E-state index contributed by atoms with van der Waals surface area (Å²) in [6.45, 7) is 8.69.